The van der Waals surface area contributed by atoms with Gasteiger partial charge in [0.05, 0.1) is 28.4 Å². The number of ether oxygens (including phenoxy) is 8. The molecule has 10 nitrogen and oxygen atoms in total. The van der Waals surface area contributed by atoms with E-state index in [4.69, 9.17) is 37.9 Å². The first-order chi connectivity index (χ1) is 23.1. The Bertz CT molecular complexity index is 1560. The van der Waals surface area contributed by atoms with Crippen molar-refractivity contribution < 1.29 is 48.1 Å². The van der Waals surface area contributed by atoms with Crippen LogP contribution in [-0.2, 0) is 18.9 Å². The van der Waals surface area contributed by atoms with E-state index < -0.39 is 24.4 Å². The lowest BCUT2D eigenvalue weighted by molar-refractivity contribution is 0.115. The lowest BCUT2D eigenvalue weighted by atomic mass is 9.86. The zero-order valence-corrected chi connectivity index (χ0v) is 29.1. The Morgan fingerprint density at radius 2 is 0.625 bits per heavy atom. The summed E-state index contributed by atoms with van der Waals surface area (Å²) in [6.07, 6.45) is -3.29. The maximum atomic E-state index is 12.1. The van der Waals surface area contributed by atoms with Crippen molar-refractivity contribution in [3.63, 3.8) is 0 Å². The van der Waals surface area contributed by atoms with Crippen LogP contribution in [-0.4, -0.2) is 67.1 Å². The molecular weight excluding hydrogens is 616 g/mol. The zero-order valence-electron chi connectivity index (χ0n) is 29.1. The molecule has 256 valence electrons. The Morgan fingerprint density at radius 1 is 0.375 bits per heavy atom. The summed E-state index contributed by atoms with van der Waals surface area (Å²) >= 11 is 0. The van der Waals surface area contributed by atoms with Gasteiger partial charge in [0.1, 0.15) is 58.9 Å². The van der Waals surface area contributed by atoms with Gasteiger partial charge in [-0.3, -0.25) is 0 Å². The van der Waals surface area contributed by atoms with E-state index in [0.29, 0.717) is 67.5 Å². The quantitative estimate of drug-likeness (QED) is 0.205. The van der Waals surface area contributed by atoms with Crippen molar-refractivity contribution in [2.24, 2.45) is 0 Å². The smallest absolute Gasteiger partial charge is 0.131 e. The molecule has 0 radical (unpaired) electrons. The molecule has 4 aromatic rings. The summed E-state index contributed by atoms with van der Waals surface area (Å²) in [7, 11) is 12.5. The zero-order chi connectivity index (χ0) is 34.9. The van der Waals surface area contributed by atoms with Gasteiger partial charge in [-0.25, -0.2) is 0 Å². The summed E-state index contributed by atoms with van der Waals surface area (Å²) in [5.74, 6) is 1.78. The van der Waals surface area contributed by atoms with Gasteiger partial charge in [-0.1, -0.05) is 11.1 Å². The second kappa shape index (κ2) is 14.3. The minimum absolute atomic E-state index is 0.0454. The maximum absolute atomic E-state index is 12.1. The molecular formula is C38H44O10. The number of aryl methyl sites for hydroxylation is 2. The topological polar surface area (TPSA) is 114 Å². The third kappa shape index (κ3) is 5.90. The molecule has 0 fully saturated rings. The van der Waals surface area contributed by atoms with Crippen molar-refractivity contribution in [3.05, 3.63) is 104 Å². The monoisotopic (exact) mass is 660 g/mol. The van der Waals surface area contributed by atoms with Crippen LogP contribution in [0.1, 0.15) is 80.1 Å². The van der Waals surface area contributed by atoms with Crippen LogP contribution in [0.15, 0.2) is 48.5 Å². The molecule has 48 heavy (non-hydrogen) atoms. The Kier molecular flexibility index (Phi) is 10.4. The molecule has 4 atom stereocenters. The van der Waals surface area contributed by atoms with E-state index in [9.17, 15) is 10.2 Å². The SMILES string of the molecule is COc1cc2c(O)c(c1)[C@H](OC)c1cc(C)cc(c1OC)[C@@H](OC)c1cc(OC)cc(c1O)[C@@H](OC)c1cc(C)cc(c1OC)[C@@H]2OC. The first-order valence-corrected chi connectivity index (χ1v) is 15.4. The number of fused-ring (bicyclic) bond motifs is 8. The molecule has 10 heteroatoms. The van der Waals surface area contributed by atoms with Gasteiger partial charge in [-0.15, -0.1) is 0 Å². The summed E-state index contributed by atoms with van der Waals surface area (Å²) in [5.41, 5.74) is 5.96. The number of methoxy groups -OCH3 is 8. The van der Waals surface area contributed by atoms with E-state index >= 15 is 0 Å². The Hall–Kier alpha value is -4.48. The van der Waals surface area contributed by atoms with Crippen molar-refractivity contribution in [1.82, 2.24) is 0 Å². The summed E-state index contributed by atoms with van der Waals surface area (Å²) in [6, 6.07) is 14.7. The van der Waals surface area contributed by atoms with Crippen molar-refractivity contribution in [2.45, 2.75) is 38.3 Å². The Balaban J connectivity index is 2.02. The summed E-state index contributed by atoms with van der Waals surface area (Å²) in [5, 5.41) is 24.2. The second-order valence-corrected chi connectivity index (χ2v) is 11.7. The first-order valence-electron chi connectivity index (χ1n) is 15.4. The van der Waals surface area contributed by atoms with Crippen molar-refractivity contribution in [1.29, 1.82) is 0 Å². The standard InChI is InChI=1S/C38H44O10/c1-19-11-27-33(43-5)23-15-21(41-3)17-25(31(23)39)35(45-7)29-13-20(2)14-30(38(29)48-10)36(46-8)26-18-22(42-4)16-24(32(26)40)34(44-6)28(12-19)37(27)47-9/h11-18,33-36,39-40H,1-10H3/t33-,34-,35+,36+. The fraction of sp³-hybridized carbons (Fsp3) is 0.368. The summed E-state index contributed by atoms with van der Waals surface area (Å²) in [4.78, 5) is 0. The lowest BCUT2D eigenvalue weighted by Crippen LogP contribution is -2.16. The van der Waals surface area contributed by atoms with Crippen LogP contribution < -0.4 is 18.9 Å². The van der Waals surface area contributed by atoms with Gasteiger partial charge >= 0.3 is 0 Å². The minimum Gasteiger partial charge on any atom is -0.507 e. The molecule has 0 heterocycles. The highest BCUT2D eigenvalue weighted by Crippen LogP contribution is 2.51. The van der Waals surface area contributed by atoms with E-state index in [2.05, 4.69) is 0 Å². The van der Waals surface area contributed by atoms with E-state index in [-0.39, 0.29) is 11.5 Å². The number of phenols is 2. The van der Waals surface area contributed by atoms with Crippen LogP contribution in [0.4, 0.5) is 0 Å². The van der Waals surface area contributed by atoms with Gasteiger partial charge in [-0.05, 0) is 62.4 Å². The molecule has 1 aliphatic rings. The fourth-order valence-corrected chi connectivity index (χ4v) is 6.93. The second-order valence-electron chi connectivity index (χ2n) is 11.7. The van der Waals surface area contributed by atoms with Crippen molar-refractivity contribution >= 4 is 0 Å². The van der Waals surface area contributed by atoms with Gasteiger partial charge in [0.2, 0.25) is 0 Å². The Morgan fingerprint density at radius 3 is 0.812 bits per heavy atom. The van der Waals surface area contributed by atoms with E-state index in [1.165, 1.54) is 0 Å². The molecule has 5 rings (SSSR count). The molecule has 0 aromatic heterocycles. The highest BCUT2D eigenvalue weighted by atomic mass is 16.5. The van der Waals surface area contributed by atoms with E-state index in [0.717, 1.165) is 11.1 Å². The molecule has 0 amide bonds. The minimum atomic E-state index is -0.822. The van der Waals surface area contributed by atoms with Crippen molar-refractivity contribution in [2.75, 3.05) is 56.9 Å². The number of hydrogen-bond acceptors (Lipinski definition) is 10. The number of hydrogen-bond donors (Lipinski definition) is 2. The summed E-state index contributed by atoms with van der Waals surface area (Å²) in [6.45, 7) is 3.89. The van der Waals surface area contributed by atoms with Crippen LogP contribution in [0.2, 0.25) is 0 Å². The highest BCUT2D eigenvalue weighted by Gasteiger charge is 2.35. The molecule has 2 N–H and O–H groups in total. The molecule has 0 aliphatic heterocycles. The fourth-order valence-electron chi connectivity index (χ4n) is 6.93. The van der Waals surface area contributed by atoms with Gasteiger partial charge in [0, 0.05) is 72.9 Å². The van der Waals surface area contributed by atoms with Gasteiger partial charge in [0.25, 0.3) is 0 Å². The van der Waals surface area contributed by atoms with Crippen LogP contribution in [0.3, 0.4) is 0 Å². The van der Waals surface area contributed by atoms with Gasteiger partial charge < -0.3 is 48.1 Å². The Labute approximate surface area is 281 Å². The molecule has 0 unspecified atom stereocenters. The number of aromatic hydroxyl groups is 2. The average molecular weight is 661 g/mol. The van der Waals surface area contributed by atoms with Crippen LogP contribution in [0.5, 0.6) is 34.5 Å². The van der Waals surface area contributed by atoms with Crippen molar-refractivity contribution in [3.8, 4) is 34.5 Å². The normalized spacial score (nSPS) is 18.7. The maximum Gasteiger partial charge on any atom is 0.131 e. The molecule has 0 saturated carbocycles. The molecule has 1 aliphatic carbocycles. The largest absolute Gasteiger partial charge is 0.507 e. The highest BCUT2D eigenvalue weighted by molar-refractivity contribution is 5.62. The van der Waals surface area contributed by atoms with Crippen LogP contribution >= 0.6 is 0 Å². The third-order valence-corrected chi connectivity index (χ3v) is 8.95. The van der Waals surface area contributed by atoms with Gasteiger partial charge in [0.15, 0.2) is 0 Å². The number of phenolic OH excluding ortho intramolecular Hbond substituents is 2. The molecule has 4 aromatic carbocycles. The predicted molar refractivity (Wildman–Crippen MR) is 180 cm³/mol. The first kappa shape index (κ1) is 34.8. The lowest BCUT2D eigenvalue weighted by Gasteiger charge is -2.30. The van der Waals surface area contributed by atoms with E-state index in [1.54, 1.807) is 81.1 Å². The van der Waals surface area contributed by atoms with Gasteiger partial charge in [-0.2, -0.15) is 0 Å². The van der Waals surface area contributed by atoms with E-state index in [1.807, 2.05) is 38.1 Å². The number of benzene rings is 4. The average Bonchev–Trinajstić information content (AvgIpc) is 3.08. The molecule has 8 bridgehead atoms. The molecule has 0 saturated heterocycles. The molecule has 0 spiro atoms. The number of rotatable bonds is 8. The van der Waals surface area contributed by atoms with Crippen LogP contribution in [0.25, 0.3) is 0 Å². The predicted octanol–water partition coefficient (Wildman–Crippen LogP) is 7.01. The third-order valence-electron chi connectivity index (χ3n) is 8.95. The van der Waals surface area contributed by atoms with Crippen LogP contribution in [0, 0.1) is 13.8 Å². The summed E-state index contributed by atoms with van der Waals surface area (Å²) < 4.78 is 48.3.